The lowest BCUT2D eigenvalue weighted by Crippen LogP contribution is -2.54. The zero-order valence-electron chi connectivity index (χ0n) is 24.1. The monoisotopic (exact) mass is 670 g/mol. The fourth-order valence-electron chi connectivity index (χ4n) is 5.28. The Morgan fingerprint density at radius 1 is 1.02 bits per heavy atom. The van der Waals surface area contributed by atoms with Crippen LogP contribution in [0.4, 0.5) is 11.4 Å². The molecule has 1 fully saturated rings. The third-order valence-electron chi connectivity index (χ3n) is 7.59. The van der Waals surface area contributed by atoms with Gasteiger partial charge < -0.3 is 10.2 Å². The van der Waals surface area contributed by atoms with Crippen LogP contribution in [-0.4, -0.2) is 54.9 Å². The highest BCUT2D eigenvalue weighted by atomic mass is 79.9. The number of amides is 2. The van der Waals surface area contributed by atoms with Crippen LogP contribution in [0.2, 0.25) is 0 Å². The number of sulfonamides is 1. The summed E-state index contributed by atoms with van der Waals surface area (Å²) in [7, 11) is -4.06. The average Bonchev–Trinajstić information content (AvgIpc) is 3.48. The van der Waals surface area contributed by atoms with Crippen LogP contribution < -0.4 is 9.62 Å². The molecule has 10 nitrogen and oxygen atoms in total. The van der Waals surface area contributed by atoms with Crippen LogP contribution in [0.3, 0.4) is 0 Å². The van der Waals surface area contributed by atoms with Gasteiger partial charge in [0, 0.05) is 35.6 Å². The Bertz CT molecular complexity index is 1560. The highest BCUT2D eigenvalue weighted by Crippen LogP contribution is 2.28. The van der Waals surface area contributed by atoms with E-state index in [0.717, 1.165) is 57.9 Å². The summed E-state index contributed by atoms with van der Waals surface area (Å²) in [5, 5.41) is 14.6. The number of rotatable bonds is 12. The third-order valence-corrected chi connectivity index (χ3v) is 9.25. The van der Waals surface area contributed by atoms with E-state index in [1.165, 1.54) is 17.0 Å². The van der Waals surface area contributed by atoms with Crippen molar-refractivity contribution in [3.8, 4) is 0 Å². The van der Waals surface area contributed by atoms with Crippen molar-refractivity contribution in [3.05, 3.63) is 104 Å². The van der Waals surface area contributed by atoms with Crippen LogP contribution in [0, 0.1) is 17.0 Å². The van der Waals surface area contributed by atoms with Gasteiger partial charge in [-0.15, -0.1) is 0 Å². The summed E-state index contributed by atoms with van der Waals surface area (Å²) in [6.07, 6.45) is 4.92. The molecule has 1 aliphatic carbocycles. The molecule has 0 radical (unpaired) electrons. The molecule has 12 heteroatoms. The number of nitro benzene ring substituents is 1. The molecule has 3 aromatic rings. The first-order valence-electron chi connectivity index (χ1n) is 14.0. The normalized spacial score (nSPS) is 14.2. The second-order valence-electron chi connectivity index (χ2n) is 10.8. The molecular formula is C31H35BrN4O6S. The number of nitrogens with zero attached hydrogens (tertiary/aromatic N) is 3. The van der Waals surface area contributed by atoms with Crippen molar-refractivity contribution in [3.63, 3.8) is 0 Å². The molecule has 0 saturated heterocycles. The molecule has 1 N–H and O–H groups in total. The number of nitrogens with one attached hydrogen (secondary N) is 1. The molecule has 228 valence electrons. The number of halogens is 1. The van der Waals surface area contributed by atoms with E-state index in [1.807, 2.05) is 54.6 Å². The topological polar surface area (TPSA) is 130 Å². The van der Waals surface area contributed by atoms with Gasteiger partial charge in [-0.05, 0) is 48.6 Å². The predicted molar refractivity (Wildman–Crippen MR) is 169 cm³/mol. The average molecular weight is 672 g/mol. The maximum Gasteiger partial charge on any atom is 0.271 e. The molecule has 1 atom stereocenters. The highest BCUT2D eigenvalue weighted by molar-refractivity contribution is 9.10. The number of non-ortho nitro benzene ring substituents is 1. The Balaban J connectivity index is 1.76. The Morgan fingerprint density at radius 2 is 1.67 bits per heavy atom. The van der Waals surface area contributed by atoms with Crippen molar-refractivity contribution in [1.82, 2.24) is 10.2 Å². The Kier molecular flexibility index (Phi) is 10.6. The smallest absolute Gasteiger partial charge is 0.271 e. The maximum absolute atomic E-state index is 14.2. The summed E-state index contributed by atoms with van der Waals surface area (Å²) in [5.74, 6) is -0.916. The summed E-state index contributed by atoms with van der Waals surface area (Å²) in [6, 6.07) is 19.6. The summed E-state index contributed by atoms with van der Waals surface area (Å²) < 4.78 is 27.8. The Labute approximate surface area is 260 Å². The molecule has 3 aromatic carbocycles. The van der Waals surface area contributed by atoms with E-state index in [-0.39, 0.29) is 36.3 Å². The molecule has 4 rings (SSSR count). The predicted octanol–water partition coefficient (Wildman–Crippen LogP) is 5.13. The van der Waals surface area contributed by atoms with Crippen LogP contribution in [0.1, 0.15) is 42.4 Å². The number of carbonyl (C=O) groups is 2. The highest BCUT2D eigenvalue weighted by Gasteiger charge is 2.34. The summed E-state index contributed by atoms with van der Waals surface area (Å²) in [6.45, 7) is 1.03. The van der Waals surface area contributed by atoms with E-state index in [0.29, 0.717) is 5.56 Å². The summed E-state index contributed by atoms with van der Waals surface area (Å²) in [5.41, 5.74) is 1.77. The minimum absolute atomic E-state index is 0.00967. The molecule has 2 amide bonds. The van der Waals surface area contributed by atoms with Crippen LogP contribution in [-0.2, 0) is 32.6 Å². The van der Waals surface area contributed by atoms with Crippen LogP contribution in [0.25, 0.3) is 0 Å². The van der Waals surface area contributed by atoms with Gasteiger partial charge in [-0.25, -0.2) is 8.42 Å². The number of anilines is 1. The molecule has 0 aliphatic heterocycles. The number of hydrogen-bond acceptors (Lipinski definition) is 6. The van der Waals surface area contributed by atoms with Gasteiger partial charge >= 0.3 is 0 Å². The van der Waals surface area contributed by atoms with Gasteiger partial charge in [0.2, 0.25) is 21.8 Å². The van der Waals surface area contributed by atoms with Gasteiger partial charge in [0.05, 0.1) is 16.9 Å². The van der Waals surface area contributed by atoms with Gasteiger partial charge in [-0.3, -0.25) is 24.0 Å². The van der Waals surface area contributed by atoms with E-state index in [1.54, 1.807) is 6.92 Å². The molecule has 0 heterocycles. The Morgan fingerprint density at radius 3 is 2.28 bits per heavy atom. The lowest BCUT2D eigenvalue weighted by molar-refractivity contribution is -0.384. The number of hydrogen-bond donors (Lipinski definition) is 1. The fourth-order valence-corrected chi connectivity index (χ4v) is 6.45. The molecule has 0 spiro atoms. The van der Waals surface area contributed by atoms with Crippen molar-refractivity contribution in [2.24, 2.45) is 0 Å². The molecule has 1 saturated carbocycles. The number of aryl methyl sites for hydroxylation is 1. The van der Waals surface area contributed by atoms with Crippen molar-refractivity contribution >= 4 is 49.1 Å². The van der Waals surface area contributed by atoms with E-state index in [4.69, 9.17) is 0 Å². The zero-order valence-corrected chi connectivity index (χ0v) is 26.5. The standard InChI is InChI=1S/C31H35BrN4O6S/c1-22-12-17-27(36(39)40)19-28(22)35(43(2,41)42)21-30(37)34(20-24-13-15-25(32)16-14-24)29(18-23-8-4-3-5-9-23)31(38)33-26-10-6-7-11-26/h3-5,8-9,12-17,19,26,29H,6-7,10-11,18,20-21H2,1-2H3,(H,33,38)/t29-/m0/s1. The second kappa shape index (κ2) is 14.1. The molecular weight excluding hydrogens is 636 g/mol. The van der Waals surface area contributed by atoms with Crippen molar-refractivity contribution in [2.75, 3.05) is 17.1 Å². The number of nitro groups is 1. The van der Waals surface area contributed by atoms with Gasteiger partial charge in [-0.2, -0.15) is 0 Å². The van der Waals surface area contributed by atoms with Gasteiger partial charge in [0.15, 0.2) is 0 Å². The molecule has 43 heavy (non-hydrogen) atoms. The minimum atomic E-state index is -4.06. The Hall–Kier alpha value is -3.77. The first-order chi connectivity index (χ1) is 20.4. The maximum atomic E-state index is 14.2. The third kappa shape index (κ3) is 8.64. The van der Waals surface area contributed by atoms with E-state index in [2.05, 4.69) is 21.2 Å². The van der Waals surface area contributed by atoms with Crippen molar-refractivity contribution < 1.29 is 22.9 Å². The minimum Gasteiger partial charge on any atom is -0.352 e. The largest absolute Gasteiger partial charge is 0.352 e. The van der Waals surface area contributed by atoms with Crippen molar-refractivity contribution in [2.45, 2.75) is 57.7 Å². The first kappa shape index (κ1) is 32.2. The second-order valence-corrected chi connectivity index (χ2v) is 13.7. The number of benzene rings is 3. The van der Waals surface area contributed by atoms with Crippen molar-refractivity contribution in [1.29, 1.82) is 0 Å². The summed E-state index contributed by atoms with van der Waals surface area (Å²) >= 11 is 3.42. The van der Waals surface area contributed by atoms with Gasteiger partial charge in [-0.1, -0.05) is 77.3 Å². The molecule has 0 aromatic heterocycles. The van der Waals surface area contributed by atoms with Crippen LogP contribution in [0.5, 0.6) is 0 Å². The number of carbonyl (C=O) groups excluding carboxylic acids is 2. The fraction of sp³-hybridized carbons (Fsp3) is 0.355. The quantitative estimate of drug-likeness (QED) is 0.210. The van der Waals surface area contributed by atoms with Crippen LogP contribution in [0.15, 0.2) is 77.3 Å². The van der Waals surface area contributed by atoms with E-state index >= 15 is 0 Å². The first-order valence-corrected chi connectivity index (χ1v) is 16.7. The SMILES string of the molecule is Cc1ccc([N+](=O)[O-])cc1N(CC(=O)N(Cc1ccc(Br)cc1)[C@@H](Cc1ccccc1)C(=O)NC1CCCC1)S(C)(=O)=O. The van der Waals surface area contributed by atoms with Gasteiger partial charge in [0.1, 0.15) is 12.6 Å². The molecule has 0 unspecified atom stereocenters. The lowest BCUT2D eigenvalue weighted by Gasteiger charge is -2.34. The molecule has 0 bridgehead atoms. The zero-order chi connectivity index (χ0) is 31.1. The molecule has 1 aliphatic rings. The van der Waals surface area contributed by atoms with E-state index in [9.17, 15) is 28.1 Å². The van der Waals surface area contributed by atoms with Crippen LogP contribution >= 0.6 is 15.9 Å². The van der Waals surface area contributed by atoms with Gasteiger partial charge in [0.25, 0.3) is 5.69 Å². The van der Waals surface area contributed by atoms with E-state index < -0.39 is 33.4 Å². The summed E-state index contributed by atoms with van der Waals surface area (Å²) in [4.78, 5) is 40.4. The lowest BCUT2D eigenvalue weighted by atomic mass is 10.0.